The van der Waals surface area contributed by atoms with Crippen molar-refractivity contribution in [2.75, 3.05) is 36.0 Å². The normalized spacial score (nSPS) is 19.4. The van der Waals surface area contributed by atoms with Gasteiger partial charge in [0.15, 0.2) is 0 Å². The monoisotopic (exact) mass is 350 g/mol. The SMILES string of the molecule is CC(=O)N1c2ccccc2C[C@@H]1C(=O)N1CCN(c2ccccn2)CC1. The number of fused-ring (bicyclic) bond motifs is 1. The summed E-state index contributed by atoms with van der Waals surface area (Å²) >= 11 is 0. The summed E-state index contributed by atoms with van der Waals surface area (Å²) in [6.45, 7) is 4.33. The van der Waals surface area contributed by atoms with Gasteiger partial charge in [-0.15, -0.1) is 0 Å². The van der Waals surface area contributed by atoms with Crippen LogP contribution < -0.4 is 9.80 Å². The molecule has 0 N–H and O–H groups in total. The van der Waals surface area contributed by atoms with Crippen molar-refractivity contribution in [3.63, 3.8) is 0 Å². The molecule has 6 nitrogen and oxygen atoms in total. The van der Waals surface area contributed by atoms with Crippen molar-refractivity contribution >= 4 is 23.3 Å². The molecule has 6 heteroatoms. The quantitative estimate of drug-likeness (QED) is 0.827. The molecule has 3 heterocycles. The maximum absolute atomic E-state index is 13.1. The van der Waals surface area contributed by atoms with E-state index in [4.69, 9.17) is 0 Å². The molecule has 1 fully saturated rings. The van der Waals surface area contributed by atoms with E-state index in [1.165, 1.54) is 6.92 Å². The van der Waals surface area contributed by atoms with Crippen molar-refractivity contribution in [2.24, 2.45) is 0 Å². The molecule has 0 bridgehead atoms. The highest BCUT2D eigenvalue weighted by atomic mass is 16.2. The molecule has 1 atom stereocenters. The first-order valence-electron chi connectivity index (χ1n) is 8.97. The maximum Gasteiger partial charge on any atom is 0.246 e. The third-order valence-electron chi connectivity index (χ3n) is 5.17. The molecule has 0 radical (unpaired) electrons. The second-order valence-electron chi connectivity index (χ2n) is 6.74. The number of amides is 2. The predicted molar refractivity (Wildman–Crippen MR) is 100 cm³/mol. The van der Waals surface area contributed by atoms with Crippen LogP contribution in [-0.2, 0) is 16.0 Å². The molecule has 0 spiro atoms. The van der Waals surface area contributed by atoms with Crippen LogP contribution >= 0.6 is 0 Å². The fourth-order valence-electron chi connectivity index (χ4n) is 3.88. The first-order valence-corrected chi connectivity index (χ1v) is 8.97. The Bertz CT molecular complexity index is 816. The maximum atomic E-state index is 13.1. The fourth-order valence-corrected chi connectivity index (χ4v) is 3.88. The van der Waals surface area contributed by atoms with Crippen molar-refractivity contribution in [3.05, 3.63) is 54.2 Å². The van der Waals surface area contributed by atoms with Crippen LogP contribution in [0.3, 0.4) is 0 Å². The highest BCUT2D eigenvalue weighted by molar-refractivity contribution is 6.02. The molecule has 134 valence electrons. The van der Waals surface area contributed by atoms with Gasteiger partial charge in [0, 0.05) is 51.4 Å². The van der Waals surface area contributed by atoms with E-state index in [-0.39, 0.29) is 11.8 Å². The van der Waals surface area contributed by atoms with E-state index in [9.17, 15) is 9.59 Å². The first-order chi connectivity index (χ1) is 12.6. The molecule has 1 saturated heterocycles. The van der Waals surface area contributed by atoms with Crippen LogP contribution in [-0.4, -0.2) is 53.9 Å². The zero-order valence-electron chi connectivity index (χ0n) is 14.8. The Labute approximate surface area is 153 Å². The average Bonchev–Trinajstić information content (AvgIpc) is 3.08. The number of carbonyl (C=O) groups is 2. The van der Waals surface area contributed by atoms with Crippen molar-refractivity contribution in [1.29, 1.82) is 0 Å². The summed E-state index contributed by atoms with van der Waals surface area (Å²) in [5.74, 6) is 0.899. The minimum absolute atomic E-state index is 0.0390. The van der Waals surface area contributed by atoms with Gasteiger partial charge in [0.2, 0.25) is 11.8 Å². The van der Waals surface area contributed by atoms with Gasteiger partial charge < -0.3 is 9.80 Å². The number of hydrogen-bond donors (Lipinski definition) is 0. The number of piperazine rings is 1. The smallest absolute Gasteiger partial charge is 0.246 e. The third kappa shape index (κ3) is 2.92. The molecule has 0 unspecified atom stereocenters. The van der Waals surface area contributed by atoms with Crippen LogP contribution in [0.15, 0.2) is 48.7 Å². The van der Waals surface area contributed by atoms with E-state index >= 15 is 0 Å². The zero-order chi connectivity index (χ0) is 18.1. The van der Waals surface area contributed by atoms with Gasteiger partial charge in [0.05, 0.1) is 0 Å². The van der Waals surface area contributed by atoms with Crippen LogP contribution in [0.25, 0.3) is 0 Å². The summed E-state index contributed by atoms with van der Waals surface area (Å²) in [6, 6.07) is 13.2. The van der Waals surface area contributed by atoms with Gasteiger partial charge in [-0.1, -0.05) is 24.3 Å². The summed E-state index contributed by atoms with van der Waals surface area (Å²) in [5.41, 5.74) is 1.93. The standard InChI is InChI=1S/C20H22N4O2/c1-15(25)24-17-7-3-2-6-16(17)14-18(24)20(26)23-12-10-22(11-13-23)19-8-4-5-9-21-19/h2-9,18H,10-14H2,1H3/t18-/m1/s1. The molecular formula is C20H22N4O2. The van der Waals surface area contributed by atoms with Crippen LogP contribution in [0.5, 0.6) is 0 Å². The second kappa shape index (κ2) is 6.78. The first kappa shape index (κ1) is 16.6. The van der Waals surface area contributed by atoms with Crippen molar-refractivity contribution in [1.82, 2.24) is 9.88 Å². The molecule has 2 aromatic rings. The average molecular weight is 350 g/mol. The van der Waals surface area contributed by atoms with Gasteiger partial charge in [0.1, 0.15) is 11.9 Å². The van der Waals surface area contributed by atoms with Crippen LogP contribution in [0, 0.1) is 0 Å². The van der Waals surface area contributed by atoms with Crippen LogP contribution in [0.4, 0.5) is 11.5 Å². The van der Waals surface area contributed by atoms with E-state index in [1.54, 1.807) is 11.1 Å². The summed E-state index contributed by atoms with van der Waals surface area (Å²) < 4.78 is 0. The molecular weight excluding hydrogens is 328 g/mol. The predicted octanol–water partition coefficient (Wildman–Crippen LogP) is 1.71. The van der Waals surface area contributed by atoms with E-state index < -0.39 is 6.04 Å². The number of benzene rings is 1. The molecule has 0 aliphatic carbocycles. The van der Waals surface area contributed by atoms with E-state index in [0.29, 0.717) is 19.5 Å². The van der Waals surface area contributed by atoms with E-state index in [1.807, 2.05) is 47.4 Å². The van der Waals surface area contributed by atoms with E-state index in [2.05, 4.69) is 9.88 Å². The lowest BCUT2D eigenvalue weighted by Gasteiger charge is -2.37. The highest BCUT2D eigenvalue weighted by Gasteiger charge is 2.39. The summed E-state index contributed by atoms with van der Waals surface area (Å²) in [4.78, 5) is 35.4. The molecule has 26 heavy (non-hydrogen) atoms. The summed E-state index contributed by atoms with van der Waals surface area (Å²) in [5, 5.41) is 0. The molecule has 1 aromatic carbocycles. The number of rotatable bonds is 2. The summed E-state index contributed by atoms with van der Waals surface area (Å²) in [7, 11) is 0. The fraction of sp³-hybridized carbons (Fsp3) is 0.350. The lowest BCUT2D eigenvalue weighted by Crippen LogP contribution is -2.55. The minimum atomic E-state index is -0.425. The Morgan fingerprint density at radius 1 is 1.00 bits per heavy atom. The van der Waals surface area contributed by atoms with Crippen molar-refractivity contribution in [2.45, 2.75) is 19.4 Å². The van der Waals surface area contributed by atoms with Crippen molar-refractivity contribution < 1.29 is 9.59 Å². The molecule has 2 aliphatic rings. The van der Waals surface area contributed by atoms with Gasteiger partial charge in [-0.25, -0.2) is 4.98 Å². The van der Waals surface area contributed by atoms with E-state index in [0.717, 1.165) is 30.2 Å². The molecule has 4 rings (SSSR count). The number of pyridine rings is 1. The van der Waals surface area contributed by atoms with Crippen LogP contribution in [0.1, 0.15) is 12.5 Å². The lowest BCUT2D eigenvalue weighted by molar-refractivity contribution is -0.134. The topological polar surface area (TPSA) is 56.8 Å². The number of carbonyl (C=O) groups excluding carboxylic acids is 2. The van der Waals surface area contributed by atoms with Gasteiger partial charge in [0.25, 0.3) is 0 Å². The zero-order valence-corrected chi connectivity index (χ0v) is 14.8. The molecule has 2 aliphatic heterocycles. The Balaban J connectivity index is 1.46. The van der Waals surface area contributed by atoms with Gasteiger partial charge in [-0.2, -0.15) is 0 Å². The van der Waals surface area contributed by atoms with Gasteiger partial charge >= 0.3 is 0 Å². The highest BCUT2D eigenvalue weighted by Crippen LogP contribution is 2.33. The Kier molecular flexibility index (Phi) is 4.32. The molecule has 0 saturated carbocycles. The Morgan fingerprint density at radius 3 is 2.42 bits per heavy atom. The summed E-state index contributed by atoms with van der Waals surface area (Å²) in [6.07, 6.45) is 2.38. The molecule has 1 aromatic heterocycles. The number of hydrogen-bond acceptors (Lipinski definition) is 4. The van der Waals surface area contributed by atoms with Crippen molar-refractivity contribution in [3.8, 4) is 0 Å². The number of nitrogens with zero attached hydrogens (tertiary/aromatic N) is 4. The number of anilines is 2. The third-order valence-corrected chi connectivity index (χ3v) is 5.17. The van der Waals surface area contributed by atoms with Gasteiger partial charge in [-0.05, 0) is 23.8 Å². The lowest BCUT2D eigenvalue weighted by atomic mass is 10.1. The van der Waals surface area contributed by atoms with Gasteiger partial charge in [-0.3, -0.25) is 14.5 Å². The molecule has 2 amide bonds. The number of aromatic nitrogens is 1. The van der Waals surface area contributed by atoms with Crippen LogP contribution in [0.2, 0.25) is 0 Å². The largest absolute Gasteiger partial charge is 0.353 e. The Hall–Kier alpha value is -2.89. The number of para-hydroxylation sites is 1. The minimum Gasteiger partial charge on any atom is -0.353 e. The second-order valence-corrected chi connectivity index (χ2v) is 6.74. The Morgan fingerprint density at radius 2 is 1.73 bits per heavy atom.